The largest absolute Gasteiger partial charge is 0.0654 e. The summed E-state index contributed by atoms with van der Waals surface area (Å²) in [5.74, 6) is 17.5. The van der Waals surface area contributed by atoms with Crippen LogP contribution < -0.4 is 0 Å². The number of hydrogen-bond acceptors (Lipinski definition) is 0. The molecule has 546 valence electrons. The SMILES string of the molecule is CC(C)C(C)C.CC(C)C1CC1.CC1C(C)C1C.CC1CC1(C)C.CCC(C)(C)C.CCC(C)(C)C.CCC(C)CC.CCC1(C)CC1.CCC1(C)CC1.CCC1CC1C.CCC1CCC1.CCC1C[C@@H]1C.CCCC1CC1.C[C@H]1CC1(C)C.C[C@H]1CC12CC2. The van der Waals surface area contributed by atoms with Crippen molar-refractivity contribution < 1.29 is 0 Å². The fourth-order valence-corrected chi connectivity index (χ4v) is 9.62. The van der Waals surface area contributed by atoms with Crippen LogP contribution in [0.2, 0.25) is 0 Å². The lowest BCUT2D eigenvalue weighted by atomic mass is 9.84. The third-order valence-electron chi connectivity index (χ3n) is 26.0. The van der Waals surface area contributed by atoms with E-state index < -0.39 is 0 Å². The van der Waals surface area contributed by atoms with Crippen LogP contribution in [0, 0.1) is 139 Å². The van der Waals surface area contributed by atoms with Crippen molar-refractivity contribution in [1.82, 2.24) is 0 Å². The molecule has 0 heterocycles. The van der Waals surface area contributed by atoms with Gasteiger partial charge in [0.05, 0.1) is 0 Å². The highest BCUT2D eigenvalue weighted by Crippen LogP contribution is 2.70. The minimum absolute atomic E-state index is 0.542. The van der Waals surface area contributed by atoms with Crippen molar-refractivity contribution in [3.05, 3.63) is 0 Å². The molecule has 0 aromatic heterocycles. The van der Waals surface area contributed by atoms with Crippen LogP contribution in [0.3, 0.4) is 0 Å². The van der Waals surface area contributed by atoms with Gasteiger partial charge in [0, 0.05) is 0 Å². The Morgan fingerprint density at radius 3 is 0.700 bits per heavy atom. The molecular formula is C90H186. The highest BCUT2D eigenvalue weighted by molar-refractivity contribution is 5.10. The van der Waals surface area contributed by atoms with E-state index in [2.05, 4.69) is 256 Å². The molecule has 0 aromatic rings. The van der Waals surface area contributed by atoms with E-state index in [-0.39, 0.29) is 0 Å². The molecule has 12 rings (SSSR count). The second-order valence-electron chi connectivity index (χ2n) is 39.1. The van der Waals surface area contributed by atoms with Crippen molar-refractivity contribution in [2.75, 3.05) is 0 Å². The van der Waals surface area contributed by atoms with Gasteiger partial charge in [0.15, 0.2) is 0 Å². The summed E-state index contributed by atoms with van der Waals surface area (Å²) >= 11 is 0. The Hall–Kier alpha value is 0. The Labute approximate surface area is 577 Å². The summed E-state index contributed by atoms with van der Waals surface area (Å²) in [5.41, 5.74) is 5.04. The minimum atomic E-state index is 0.542. The van der Waals surface area contributed by atoms with Gasteiger partial charge in [0.25, 0.3) is 0 Å². The first kappa shape index (κ1) is 94.2. The van der Waals surface area contributed by atoms with E-state index in [0.717, 1.165) is 117 Å². The quantitative estimate of drug-likeness (QED) is 0.193. The maximum absolute atomic E-state index is 2.37. The molecule has 0 bridgehead atoms. The molecule has 12 saturated carbocycles. The molecule has 0 aliphatic heterocycles. The van der Waals surface area contributed by atoms with Crippen LogP contribution in [0.15, 0.2) is 0 Å². The first-order valence-electron chi connectivity index (χ1n) is 41.3. The lowest BCUT2D eigenvalue weighted by molar-refractivity contribution is 0.307. The normalized spacial score (nSPS) is 28.9. The van der Waals surface area contributed by atoms with Crippen LogP contribution in [0.25, 0.3) is 0 Å². The monoisotopic (exact) mass is 1270 g/mol. The maximum atomic E-state index is 2.37. The number of rotatable bonds is 11. The van der Waals surface area contributed by atoms with Crippen LogP contribution in [0.1, 0.15) is 442 Å². The van der Waals surface area contributed by atoms with Gasteiger partial charge in [-0.15, -0.1) is 0 Å². The molecule has 4 unspecified atom stereocenters. The summed E-state index contributed by atoms with van der Waals surface area (Å²) in [5, 5.41) is 0. The molecule has 90 heavy (non-hydrogen) atoms. The van der Waals surface area contributed by atoms with Crippen LogP contribution in [0.5, 0.6) is 0 Å². The molecule has 0 amide bonds. The summed E-state index contributed by atoms with van der Waals surface area (Å²) in [6.07, 6.45) is 42.0. The molecule has 12 aliphatic rings. The van der Waals surface area contributed by atoms with E-state index in [9.17, 15) is 0 Å². The van der Waals surface area contributed by atoms with Gasteiger partial charge in [0.2, 0.25) is 0 Å². The highest BCUT2D eigenvalue weighted by Gasteiger charge is 2.59. The molecule has 12 aliphatic carbocycles. The van der Waals surface area contributed by atoms with Crippen molar-refractivity contribution in [3.8, 4) is 0 Å². The van der Waals surface area contributed by atoms with Gasteiger partial charge in [0.1, 0.15) is 0 Å². The van der Waals surface area contributed by atoms with Crippen molar-refractivity contribution in [2.45, 2.75) is 442 Å². The van der Waals surface area contributed by atoms with Crippen molar-refractivity contribution >= 4 is 0 Å². The fraction of sp³-hybridized carbons (Fsp3) is 1.00. The zero-order chi connectivity index (χ0) is 70.8. The number of hydrogen-bond donors (Lipinski definition) is 0. The van der Waals surface area contributed by atoms with Crippen LogP contribution in [-0.4, -0.2) is 0 Å². The van der Waals surface area contributed by atoms with Crippen LogP contribution >= 0.6 is 0 Å². The smallest absolute Gasteiger partial charge is 0.0268 e. The van der Waals surface area contributed by atoms with Gasteiger partial charge in [-0.2, -0.15) is 0 Å². The molecular weight excluding hydrogens is 1080 g/mol. The van der Waals surface area contributed by atoms with Gasteiger partial charge in [-0.05, 0) is 222 Å². The zero-order valence-electron chi connectivity index (χ0n) is 70.8. The van der Waals surface area contributed by atoms with E-state index in [0.29, 0.717) is 21.7 Å². The van der Waals surface area contributed by atoms with E-state index in [1.54, 1.807) is 19.3 Å². The molecule has 0 N–H and O–H groups in total. The van der Waals surface area contributed by atoms with E-state index >= 15 is 0 Å². The second-order valence-corrected chi connectivity index (χ2v) is 39.1. The topological polar surface area (TPSA) is 0 Å². The lowest BCUT2D eigenvalue weighted by Crippen LogP contribution is -2.08. The first-order valence-corrected chi connectivity index (χ1v) is 41.3. The Kier molecular flexibility index (Phi) is 48.5. The van der Waals surface area contributed by atoms with Crippen molar-refractivity contribution in [2.24, 2.45) is 139 Å². The minimum Gasteiger partial charge on any atom is -0.0654 e. The van der Waals surface area contributed by atoms with Crippen LogP contribution in [0.4, 0.5) is 0 Å². The predicted octanol–water partition coefficient (Wildman–Crippen LogP) is 32.4. The summed E-state index contributed by atoms with van der Waals surface area (Å²) in [7, 11) is 0. The molecule has 7 atom stereocenters. The summed E-state index contributed by atoms with van der Waals surface area (Å²) in [6.45, 7) is 84.4. The molecule has 12 fully saturated rings. The molecule has 1 spiro atoms. The van der Waals surface area contributed by atoms with Gasteiger partial charge >= 0.3 is 0 Å². The summed E-state index contributed by atoms with van der Waals surface area (Å²) in [6, 6.07) is 0. The van der Waals surface area contributed by atoms with Gasteiger partial charge < -0.3 is 0 Å². The average molecular weight is 1270 g/mol. The third-order valence-corrected chi connectivity index (χ3v) is 26.0. The van der Waals surface area contributed by atoms with Crippen molar-refractivity contribution in [1.29, 1.82) is 0 Å². The second kappa shape index (κ2) is 46.3. The molecule has 0 heteroatoms. The Balaban J connectivity index is -0.000000901. The molecule has 0 nitrogen and oxygen atoms in total. The molecule has 0 radical (unpaired) electrons. The standard InChI is InChI=1S/C6H10.10C6H12.4C6H14/c1-5-4-6(5)2-3-6;2*1-5-4-6(5,2)3;1-5(2)6-3-4-6;1-4-5(2)6(4)3;2*1-3-6(2)4-5-6;2*1-3-6-4-5(6)2;1-2-6-4-3-5-6;1-2-3-6-4-5-6;2*1-5-6(2,3)4;1-5(2)6(3)4;1-4-6(3)5-2/h5H,2-4H2,1H3;2*5H,4H2,1-3H3;5-6H,3-4H2,1-2H3;4-6H,1-3H3;2*3-5H2,1-2H3;2*5-6H,3-4H2,1-2H3;2*6H,2-5H2,1H3;2*5H2,1-4H3;5-6H,1-4H3;6H,4-5H2,1-3H3/t2*5-;;;;;;5-,6?;;;;;;;/m00.....0......./s1. The fourth-order valence-electron chi connectivity index (χ4n) is 9.62. The zero-order valence-corrected chi connectivity index (χ0v) is 70.8. The Bertz CT molecular complexity index is 1430. The lowest BCUT2D eigenvalue weighted by Gasteiger charge is -2.22. The Morgan fingerprint density at radius 1 is 0.400 bits per heavy atom. The van der Waals surface area contributed by atoms with Gasteiger partial charge in [-0.3, -0.25) is 0 Å². The van der Waals surface area contributed by atoms with E-state index in [1.807, 2.05) is 0 Å². The predicted molar refractivity (Wildman–Crippen MR) is 420 cm³/mol. The summed E-state index contributed by atoms with van der Waals surface area (Å²) < 4.78 is 0. The molecule has 0 saturated heterocycles. The highest BCUT2D eigenvalue weighted by atomic mass is 14.6. The van der Waals surface area contributed by atoms with Gasteiger partial charge in [-0.25, -0.2) is 0 Å². The summed E-state index contributed by atoms with van der Waals surface area (Å²) in [4.78, 5) is 0. The van der Waals surface area contributed by atoms with E-state index in [1.165, 1.54) is 167 Å². The van der Waals surface area contributed by atoms with Gasteiger partial charge in [-0.1, -0.05) is 359 Å². The van der Waals surface area contributed by atoms with Crippen LogP contribution in [-0.2, 0) is 0 Å². The van der Waals surface area contributed by atoms with Crippen molar-refractivity contribution in [3.63, 3.8) is 0 Å². The molecule has 0 aromatic carbocycles. The third kappa shape index (κ3) is 56.1. The maximum Gasteiger partial charge on any atom is -0.0268 e. The average Bonchev–Trinajstić information content (AvgIpc) is 1.58. The van der Waals surface area contributed by atoms with E-state index in [4.69, 9.17) is 0 Å². The Morgan fingerprint density at radius 2 is 0.689 bits per heavy atom. The first-order chi connectivity index (χ1) is 41.3.